The highest BCUT2D eigenvalue weighted by molar-refractivity contribution is 4.92. The van der Waals surface area contributed by atoms with Gasteiger partial charge in [-0.1, -0.05) is 6.92 Å². The lowest BCUT2D eigenvalue weighted by atomic mass is 9.78. The van der Waals surface area contributed by atoms with Crippen molar-refractivity contribution in [3.63, 3.8) is 0 Å². The second-order valence-electron chi connectivity index (χ2n) is 5.91. The summed E-state index contributed by atoms with van der Waals surface area (Å²) >= 11 is 0. The molecule has 1 aliphatic carbocycles. The highest BCUT2D eigenvalue weighted by atomic mass is 16.3. The first kappa shape index (κ1) is 12.3. The van der Waals surface area contributed by atoms with Gasteiger partial charge in [-0.3, -0.25) is 4.90 Å². The van der Waals surface area contributed by atoms with E-state index in [9.17, 15) is 5.11 Å². The van der Waals surface area contributed by atoms with Gasteiger partial charge in [-0.05, 0) is 45.1 Å². The van der Waals surface area contributed by atoms with Crippen LogP contribution in [0.15, 0.2) is 0 Å². The molecular formula is C13H26N2O. The predicted molar refractivity (Wildman–Crippen MR) is 66.4 cm³/mol. The summed E-state index contributed by atoms with van der Waals surface area (Å²) in [6.07, 6.45) is 3.65. The van der Waals surface area contributed by atoms with Crippen LogP contribution in [-0.2, 0) is 0 Å². The average Bonchev–Trinajstić information content (AvgIpc) is 2.24. The number of aliphatic hydroxyl groups is 1. The van der Waals surface area contributed by atoms with Gasteiger partial charge in [-0.2, -0.15) is 0 Å². The maximum absolute atomic E-state index is 9.78. The monoisotopic (exact) mass is 226 g/mol. The first-order chi connectivity index (χ1) is 7.60. The molecule has 3 nitrogen and oxygen atoms in total. The van der Waals surface area contributed by atoms with Crippen LogP contribution >= 0.6 is 0 Å². The van der Waals surface area contributed by atoms with E-state index in [1.807, 2.05) is 14.0 Å². The summed E-state index contributed by atoms with van der Waals surface area (Å²) in [7, 11) is 2.04. The fraction of sp³-hybridized carbons (Fsp3) is 1.00. The quantitative estimate of drug-likeness (QED) is 0.756. The van der Waals surface area contributed by atoms with Gasteiger partial charge in [0.15, 0.2) is 0 Å². The number of likely N-dealkylation sites (tertiary alicyclic amines) is 1. The van der Waals surface area contributed by atoms with Gasteiger partial charge in [0, 0.05) is 25.2 Å². The van der Waals surface area contributed by atoms with E-state index < -0.39 is 0 Å². The van der Waals surface area contributed by atoms with Crippen molar-refractivity contribution in [3.8, 4) is 0 Å². The number of hydrogen-bond donors (Lipinski definition) is 2. The smallest absolute Gasteiger partial charge is 0.0553 e. The van der Waals surface area contributed by atoms with E-state index in [4.69, 9.17) is 0 Å². The van der Waals surface area contributed by atoms with Gasteiger partial charge in [-0.25, -0.2) is 0 Å². The third-order valence-electron chi connectivity index (χ3n) is 4.47. The van der Waals surface area contributed by atoms with Crippen molar-refractivity contribution in [1.82, 2.24) is 10.2 Å². The lowest BCUT2D eigenvalue weighted by Crippen LogP contribution is -2.56. The Morgan fingerprint density at radius 3 is 2.44 bits per heavy atom. The van der Waals surface area contributed by atoms with E-state index in [2.05, 4.69) is 17.1 Å². The van der Waals surface area contributed by atoms with Crippen LogP contribution in [-0.4, -0.2) is 48.3 Å². The number of rotatable bonds is 3. The second kappa shape index (κ2) is 5.03. The third-order valence-corrected chi connectivity index (χ3v) is 4.47. The Morgan fingerprint density at radius 1 is 1.25 bits per heavy atom. The minimum absolute atomic E-state index is 0.170. The Bertz CT molecular complexity index is 226. The molecule has 0 aromatic rings. The first-order valence-corrected chi connectivity index (χ1v) is 6.69. The Balaban J connectivity index is 1.92. The van der Waals surface area contributed by atoms with Crippen molar-refractivity contribution < 1.29 is 5.11 Å². The van der Waals surface area contributed by atoms with Crippen LogP contribution in [0.4, 0.5) is 0 Å². The van der Waals surface area contributed by atoms with E-state index in [0.717, 1.165) is 31.5 Å². The summed E-state index contributed by atoms with van der Waals surface area (Å²) in [5, 5.41) is 13.2. The minimum Gasteiger partial charge on any atom is -0.393 e. The number of nitrogens with zero attached hydrogens (tertiary/aromatic N) is 1. The van der Waals surface area contributed by atoms with Crippen molar-refractivity contribution in [1.29, 1.82) is 0 Å². The summed E-state index contributed by atoms with van der Waals surface area (Å²) < 4.78 is 0. The molecule has 0 spiro atoms. The predicted octanol–water partition coefficient (Wildman–Crippen LogP) is 1.08. The molecular weight excluding hydrogens is 200 g/mol. The van der Waals surface area contributed by atoms with Gasteiger partial charge in [-0.15, -0.1) is 0 Å². The largest absolute Gasteiger partial charge is 0.393 e. The Labute approximate surface area is 99.2 Å². The van der Waals surface area contributed by atoms with Crippen molar-refractivity contribution in [2.45, 2.75) is 51.3 Å². The molecule has 2 rings (SSSR count). The molecule has 0 aromatic carbocycles. The molecule has 0 amide bonds. The molecule has 1 heterocycles. The fourth-order valence-electron chi connectivity index (χ4n) is 3.19. The summed E-state index contributed by atoms with van der Waals surface area (Å²) in [6, 6.07) is 1.34. The molecule has 16 heavy (non-hydrogen) atoms. The van der Waals surface area contributed by atoms with Crippen LogP contribution in [0.5, 0.6) is 0 Å². The maximum atomic E-state index is 9.78. The highest BCUT2D eigenvalue weighted by Gasteiger charge is 2.37. The average molecular weight is 226 g/mol. The van der Waals surface area contributed by atoms with Crippen LogP contribution in [0.2, 0.25) is 0 Å². The lowest BCUT2D eigenvalue weighted by molar-refractivity contribution is -0.00174. The Morgan fingerprint density at radius 2 is 1.94 bits per heavy atom. The molecule has 2 aliphatic rings. The van der Waals surface area contributed by atoms with Crippen LogP contribution in [0.25, 0.3) is 0 Å². The van der Waals surface area contributed by atoms with Gasteiger partial charge in [0.25, 0.3) is 0 Å². The van der Waals surface area contributed by atoms with Crippen LogP contribution in [0, 0.1) is 11.8 Å². The van der Waals surface area contributed by atoms with E-state index in [-0.39, 0.29) is 6.10 Å². The third kappa shape index (κ3) is 2.58. The lowest BCUT2D eigenvalue weighted by Gasteiger charge is -2.48. The van der Waals surface area contributed by atoms with Crippen molar-refractivity contribution in [2.24, 2.45) is 11.8 Å². The van der Waals surface area contributed by atoms with Gasteiger partial charge in [0.05, 0.1) is 6.10 Å². The molecule has 1 saturated carbocycles. The molecule has 3 heteroatoms. The molecule has 3 unspecified atom stereocenters. The SMILES string of the molecule is CNC1CC(C(C)O)CN(C2CC(C)C2)C1. The molecule has 1 saturated heterocycles. The molecule has 0 aromatic heterocycles. The van der Waals surface area contributed by atoms with Gasteiger partial charge >= 0.3 is 0 Å². The molecule has 2 fully saturated rings. The second-order valence-corrected chi connectivity index (χ2v) is 5.91. The standard InChI is InChI=1S/C13H26N2O/c1-9-4-13(5-9)15-7-11(10(2)16)6-12(8-15)14-3/h9-14,16H,4-8H2,1-3H3. The van der Waals surface area contributed by atoms with Gasteiger partial charge < -0.3 is 10.4 Å². The minimum atomic E-state index is -0.170. The van der Waals surface area contributed by atoms with E-state index in [1.165, 1.54) is 12.8 Å². The molecule has 2 N–H and O–H groups in total. The van der Waals surface area contributed by atoms with Gasteiger partial charge in [0.1, 0.15) is 0 Å². The Hall–Kier alpha value is -0.120. The van der Waals surface area contributed by atoms with Crippen LogP contribution in [0.1, 0.15) is 33.1 Å². The van der Waals surface area contributed by atoms with E-state index in [1.54, 1.807) is 0 Å². The number of aliphatic hydroxyl groups excluding tert-OH is 1. The molecule has 0 bridgehead atoms. The summed E-state index contributed by atoms with van der Waals surface area (Å²) in [4.78, 5) is 2.60. The van der Waals surface area contributed by atoms with E-state index in [0.29, 0.717) is 12.0 Å². The highest BCUT2D eigenvalue weighted by Crippen LogP contribution is 2.34. The summed E-state index contributed by atoms with van der Waals surface area (Å²) in [6.45, 7) is 6.52. The molecule has 3 atom stereocenters. The fourth-order valence-corrected chi connectivity index (χ4v) is 3.19. The molecule has 1 aliphatic heterocycles. The van der Waals surface area contributed by atoms with Crippen LogP contribution < -0.4 is 5.32 Å². The van der Waals surface area contributed by atoms with Crippen molar-refractivity contribution >= 4 is 0 Å². The van der Waals surface area contributed by atoms with Crippen molar-refractivity contribution in [2.75, 3.05) is 20.1 Å². The maximum Gasteiger partial charge on any atom is 0.0553 e. The first-order valence-electron chi connectivity index (χ1n) is 6.69. The normalized spacial score (nSPS) is 42.8. The number of piperidine rings is 1. The molecule has 94 valence electrons. The van der Waals surface area contributed by atoms with E-state index >= 15 is 0 Å². The topological polar surface area (TPSA) is 35.5 Å². The zero-order valence-corrected chi connectivity index (χ0v) is 10.8. The zero-order valence-electron chi connectivity index (χ0n) is 10.8. The van der Waals surface area contributed by atoms with Crippen molar-refractivity contribution in [3.05, 3.63) is 0 Å². The Kier molecular flexibility index (Phi) is 3.88. The summed E-state index contributed by atoms with van der Waals surface area (Å²) in [5.74, 6) is 1.35. The number of likely N-dealkylation sites (N-methyl/N-ethyl adjacent to an activating group) is 1. The number of hydrogen-bond acceptors (Lipinski definition) is 3. The molecule has 0 radical (unpaired) electrons. The number of nitrogens with one attached hydrogen (secondary N) is 1. The zero-order chi connectivity index (χ0) is 11.7. The summed E-state index contributed by atoms with van der Waals surface area (Å²) in [5.41, 5.74) is 0. The van der Waals surface area contributed by atoms with Gasteiger partial charge in [0.2, 0.25) is 0 Å². The van der Waals surface area contributed by atoms with Crippen LogP contribution in [0.3, 0.4) is 0 Å².